The van der Waals surface area contributed by atoms with Gasteiger partial charge in [-0.1, -0.05) is 13.3 Å². The van der Waals surface area contributed by atoms with Crippen molar-refractivity contribution in [3.8, 4) is 11.5 Å². The van der Waals surface area contributed by atoms with Crippen molar-refractivity contribution in [2.24, 2.45) is 0 Å². The molecule has 1 amide bonds. The molecule has 1 atom stereocenters. The molecule has 1 fully saturated rings. The van der Waals surface area contributed by atoms with E-state index in [2.05, 4.69) is 0 Å². The number of likely N-dealkylation sites (tertiary alicyclic amines) is 1. The van der Waals surface area contributed by atoms with Crippen LogP contribution in [0.15, 0.2) is 40.3 Å². The zero-order valence-corrected chi connectivity index (χ0v) is 16.4. The van der Waals surface area contributed by atoms with Gasteiger partial charge in [0.2, 0.25) is 0 Å². The number of benzene rings is 1. The van der Waals surface area contributed by atoms with Gasteiger partial charge in [0.25, 0.3) is 11.7 Å². The predicted octanol–water partition coefficient (Wildman–Crippen LogP) is 3.58. The number of aliphatic hydroxyl groups is 1. The average Bonchev–Trinajstić information content (AvgIpc) is 3.27. The molecular weight excluding hydrogens is 374 g/mol. The first-order chi connectivity index (χ1) is 14.0. The second-order valence-electron chi connectivity index (χ2n) is 7.15. The van der Waals surface area contributed by atoms with Crippen molar-refractivity contribution in [1.29, 1.82) is 0 Å². The standard InChI is InChI=1S/C22H23NO6/c1-3-4-9-23-19(16-7-5-13(2)29-16)18(21(25)22(23)26)20(24)14-6-8-15-17(12-14)28-11-10-27-15/h5-8,12,19,24H,3-4,9-11H2,1-2H3/b20-18-. The smallest absolute Gasteiger partial charge is 0.295 e. The lowest BCUT2D eigenvalue weighted by Gasteiger charge is -2.23. The van der Waals surface area contributed by atoms with Crippen molar-refractivity contribution in [2.75, 3.05) is 19.8 Å². The zero-order chi connectivity index (χ0) is 20.5. The normalized spacial score (nSPS) is 20.3. The third kappa shape index (κ3) is 3.37. The molecular formula is C22H23NO6. The van der Waals surface area contributed by atoms with E-state index >= 15 is 0 Å². The van der Waals surface area contributed by atoms with E-state index in [4.69, 9.17) is 13.9 Å². The number of Topliss-reactive ketones (excluding diaryl/α,β-unsaturated/α-hetero) is 1. The second-order valence-corrected chi connectivity index (χ2v) is 7.15. The van der Waals surface area contributed by atoms with Gasteiger partial charge in [-0.05, 0) is 43.7 Å². The van der Waals surface area contributed by atoms with Gasteiger partial charge in [0.05, 0.1) is 5.57 Å². The number of amides is 1. The molecule has 1 saturated heterocycles. The third-order valence-corrected chi connectivity index (χ3v) is 5.14. The van der Waals surface area contributed by atoms with E-state index in [1.165, 1.54) is 4.90 Å². The van der Waals surface area contributed by atoms with Crippen molar-refractivity contribution >= 4 is 17.4 Å². The molecule has 0 saturated carbocycles. The van der Waals surface area contributed by atoms with Gasteiger partial charge in [-0.15, -0.1) is 0 Å². The monoisotopic (exact) mass is 397 g/mol. The van der Waals surface area contributed by atoms with E-state index in [9.17, 15) is 14.7 Å². The molecule has 0 spiro atoms. The van der Waals surface area contributed by atoms with Crippen molar-refractivity contribution in [3.63, 3.8) is 0 Å². The van der Waals surface area contributed by atoms with E-state index < -0.39 is 17.7 Å². The third-order valence-electron chi connectivity index (χ3n) is 5.14. The van der Waals surface area contributed by atoms with Crippen molar-refractivity contribution in [3.05, 3.63) is 53.0 Å². The van der Waals surface area contributed by atoms with Gasteiger partial charge < -0.3 is 23.9 Å². The Morgan fingerprint density at radius 3 is 2.59 bits per heavy atom. The number of carbonyl (C=O) groups excluding carboxylic acids is 2. The molecule has 7 nitrogen and oxygen atoms in total. The summed E-state index contributed by atoms with van der Waals surface area (Å²) in [6.07, 6.45) is 1.61. The Hall–Kier alpha value is -3.22. The van der Waals surface area contributed by atoms with Crippen molar-refractivity contribution < 1.29 is 28.6 Å². The van der Waals surface area contributed by atoms with Gasteiger partial charge in [0, 0.05) is 12.1 Å². The van der Waals surface area contributed by atoms with Gasteiger partial charge in [-0.25, -0.2) is 0 Å². The fourth-order valence-corrected chi connectivity index (χ4v) is 3.68. The van der Waals surface area contributed by atoms with Gasteiger partial charge in [0.15, 0.2) is 11.5 Å². The maximum Gasteiger partial charge on any atom is 0.295 e. The Kier molecular flexibility index (Phi) is 5.05. The molecule has 1 N–H and O–H groups in total. The van der Waals surface area contributed by atoms with Crippen LogP contribution in [0.3, 0.4) is 0 Å². The van der Waals surface area contributed by atoms with Crippen LogP contribution in [0.25, 0.3) is 5.76 Å². The van der Waals surface area contributed by atoms with Crippen LogP contribution in [-0.4, -0.2) is 41.5 Å². The number of aliphatic hydroxyl groups excluding tert-OH is 1. The molecule has 1 aromatic carbocycles. The SMILES string of the molecule is CCCCN1C(=O)C(=O)/C(=C(\O)c2ccc3c(c2)OCCO3)C1c1ccc(C)o1. The molecule has 29 heavy (non-hydrogen) atoms. The van der Waals surface area contributed by atoms with Gasteiger partial charge in [-0.2, -0.15) is 0 Å². The van der Waals surface area contributed by atoms with Crippen LogP contribution in [0.2, 0.25) is 0 Å². The van der Waals surface area contributed by atoms with E-state index in [1.807, 2.05) is 6.92 Å². The molecule has 2 aliphatic heterocycles. The van der Waals surface area contributed by atoms with Crippen LogP contribution in [0.1, 0.15) is 42.9 Å². The molecule has 7 heteroatoms. The molecule has 2 aromatic rings. The maximum absolute atomic E-state index is 12.9. The summed E-state index contributed by atoms with van der Waals surface area (Å²) in [6, 6.07) is 7.70. The topological polar surface area (TPSA) is 89.2 Å². The summed E-state index contributed by atoms with van der Waals surface area (Å²) >= 11 is 0. The highest BCUT2D eigenvalue weighted by atomic mass is 16.6. The quantitative estimate of drug-likeness (QED) is 0.471. The van der Waals surface area contributed by atoms with Crippen molar-refractivity contribution in [1.82, 2.24) is 4.90 Å². The van der Waals surface area contributed by atoms with Crippen LogP contribution < -0.4 is 9.47 Å². The summed E-state index contributed by atoms with van der Waals surface area (Å²) in [5, 5.41) is 11.0. The summed E-state index contributed by atoms with van der Waals surface area (Å²) in [4.78, 5) is 27.1. The number of hydrogen-bond acceptors (Lipinski definition) is 6. The van der Waals surface area contributed by atoms with E-state index in [0.717, 1.165) is 12.8 Å². The number of fused-ring (bicyclic) bond motifs is 1. The molecule has 4 rings (SSSR count). The molecule has 0 bridgehead atoms. The predicted molar refractivity (Wildman–Crippen MR) is 105 cm³/mol. The fourth-order valence-electron chi connectivity index (χ4n) is 3.68. The minimum atomic E-state index is -0.761. The molecule has 0 radical (unpaired) electrons. The number of hydrogen-bond donors (Lipinski definition) is 1. The molecule has 0 aliphatic carbocycles. The molecule has 1 aromatic heterocycles. The first-order valence-corrected chi connectivity index (χ1v) is 9.76. The lowest BCUT2D eigenvalue weighted by molar-refractivity contribution is -0.140. The first kappa shape index (κ1) is 19.1. The van der Waals surface area contributed by atoms with Crippen molar-refractivity contribution in [2.45, 2.75) is 32.7 Å². The highest BCUT2D eigenvalue weighted by Gasteiger charge is 2.47. The van der Waals surface area contributed by atoms with Crippen LogP contribution in [-0.2, 0) is 9.59 Å². The number of ether oxygens (including phenoxy) is 2. The number of carbonyl (C=O) groups is 2. The number of nitrogens with zero attached hydrogens (tertiary/aromatic N) is 1. The minimum Gasteiger partial charge on any atom is -0.507 e. The molecule has 2 aliphatic rings. The van der Waals surface area contributed by atoms with Crippen LogP contribution >= 0.6 is 0 Å². The first-order valence-electron chi connectivity index (χ1n) is 9.76. The Labute approximate surface area is 168 Å². The Morgan fingerprint density at radius 1 is 1.14 bits per heavy atom. The highest BCUT2D eigenvalue weighted by Crippen LogP contribution is 2.41. The van der Waals surface area contributed by atoms with Crippen LogP contribution in [0.5, 0.6) is 11.5 Å². The summed E-state index contributed by atoms with van der Waals surface area (Å²) in [5.74, 6) is 0.597. The number of aryl methyl sites for hydroxylation is 1. The average molecular weight is 397 g/mol. The van der Waals surface area contributed by atoms with E-state index in [-0.39, 0.29) is 11.3 Å². The highest BCUT2D eigenvalue weighted by molar-refractivity contribution is 6.46. The van der Waals surface area contributed by atoms with Crippen LogP contribution in [0.4, 0.5) is 0 Å². The van der Waals surface area contributed by atoms with Gasteiger partial charge in [0.1, 0.15) is 36.5 Å². The molecule has 3 heterocycles. The minimum absolute atomic E-state index is 0.0251. The second kappa shape index (κ2) is 7.66. The lowest BCUT2D eigenvalue weighted by Crippen LogP contribution is -2.30. The molecule has 1 unspecified atom stereocenters. The lowest BCUT2D eigenvalue weighted by atomic mass is 9.99. The van der Waals surface area contributed by atoms with Crippen LogP contribution in [0, 0.1) is 6.92 Å². The largest absolute Gasteiger partial charge is 0.507 e. The zero-order valence-electron chi connectivity index (χ0n) is 16.4. The summed E-state index contributed by atoms with van der Waals surface area (Å²) in [6.45, 7) is 5.08. The Morgan fingerprint density at radius 2 is 1.90 bits per heavy atom. The number of furan rings is 1. The number of ketones is 1. The summed E-state index contributed by atoms with van der Waals surface area (Å²) in [7, 11) is 0. The Bertz CT molecular complexity index is 989. The number of rotatable bonds is 5. The van der Waals surface area contributed by atoms with E-state index in [1.54, 1.807) is 37.3 Å². The number of unbranched alkanes of at least 4 members (excludes halogenated alkanes) is 1. The maximum atomic E-state index is 12.9. The fraction of sp³-hybridized carbons (Fsp3) is 0.364. The summed E-state index contributed by atoms with van der Waals surface area (Å²) in [5.41, 5.74) is 0.410. The van der Waals surface area contributed by atoms with E-state index in [0.29, 0.717) is 48.3 Å². The van der Waals surface area contributed by atoms with Gasteiger partial charge >= 0.3 is 0 Å². The van der Waals surface area contributed by atoms with Gasteiger partial charge in [-0.3, -0.25) is 9.59 Å². The summed E-state index contributed by atoms with van der Waals surface area (Å²) < 4.78 is 16.8. The molecule has 152 valence electrons. The Balaban J connectivity index is 1.82.